The standard InChI is InChI=1S/C10H11F2N3/c11-10(12,3-4-13)7-1-2-8-9(5-7)15-6-14-8/h1-2,5-6H,3-4,13H2,(H,14,15). The number of alkyl halides is 2. The van der Waals surface area contributed by atoms with Gasteiger partial charge in [-0.1, -0.05) is 6.07 Å². The van der Waals surface area contributed by atoms with E-state index >= 15 is 0 Å². The Bertz CT molecular complexity index is 464. The Kier molecular flexibility index (Phi) is 2.40. The molecule has 0 unspecified atom stereocenters. The molecular formula is C10H11F2N3. The number of aromatic amines is 1. The number of nitrogens with one attached hydrogen (secondary N) is 1. The summed E-state index contributed by atoms with van der Waals surface area (Å²) in [5, 5.41) is 0. The van der Waals surface area contributed by atoms with Crippen molar-refractivity contribution < 1.29 is 8.78 Å². The van der Waals surface area contributed by atoms with Crippen LogP contribution in [0.5, 0.6) is 0 Å². The molecule has 1 aromatic heterocycles. The zero-order valence-electron chi connectivity index (χ0n) is 8.00. The highest BCUT2D eigenvalue weighted by molar-refractivity contribution is 5.75. The predicted molar refractivity (Wildman–Crippen MR) is 53.7 cm³/mol. The van der Waals surface area contributed by atoms with Crippen LogP contribution in [0.4, 0.5) is 8.78 Å². The van der Waals surface area contributed by atoms with E-state index in [9.17, 15) is 8.78 Å². The highest BCUT2D eigenvalue weighted by Gasteiger charge is 2.30. The van der Waals surface area contributed by atoms with Gasteiger partial charge in [0.05, 0.1) is 17.4 Å². The Morgan fingerprint density at radius 3 is 2.93 bits per heavy atom. The van der Waals surface area contributed by atoms with E-state index in [2.05, 4.69) is 9.97 Å². The van der Waals surface area contributed by atoms with E-state index in [1.165, 1.54) is 18.5 Å². The van der Waals surface area contributed by atoms with E-state index in [4.69, 9.17) is 5.73 Å². The van der Waals surface area contributed by atoms with Gasteiger partial charge >= 0.3 is 0 Å². The first kappa shape index (κ1) is 10.0. The van der Waals surface area contributed by atoms with Gasteiger partial charge in [-0.05, 0) is 18.7 Å². The number of hydrogen-bond acceptors (Lipinski definition) is 2. The molecule has 0 saturated heterocycles. The summed E-state index contributed by atoms with van der Waals surface area (Å²) < 4.78 is 27.0. The van der Waals surface area contributed by atoms with Gasteiger partial charge in [-0.15, -0.1) is 0 Å². The Morgan fingerprint density at radius 1 is 1.40 bits per heavy atom. The molecule has 0 fully saturated rings. The molecule has 0 aliphatic heterocycles. The Labute approximate surface area is 85.3 Å². The summed E-state index contributed by atoms with van der Waals surface area (Å²) in [6.07, 6.45) is 1.14. The summed E-state index contributed by atoms with van der Waals surface area (Å²) in [5.74, 6) is -2.87. The molecule has 0 bridgehead atoms. The molecule has 2 aromatic rings. The van der Waals surface area contributed by atoms with E-state index in [1.807, 2.05) is 0 Å². The molecule has 0 radical (unpaired) electrons. The number of hydrogen-bond donors (Lipinski definition) is 2. The molecule has 0 atom stereocenters. The van der Waals surface area contributed by atoms with Crippen LogP contribution in [-0.2, 0) is 5.92 Å². The molecule has 3 nitrogen and oxygen atoms in total. The largest absolute Gasteiger partial charge is 0.345 e. The quantitative estimate of drug-likeness (QED) is 0.815. The van der Waals surface area contributed by atoms with Crippen LogP contribution in [0.2, 0.25) is 0 Å². The monoisotopic (exact) mass is 211 g/mol. The lowest BCUT2D eigenvalue weighted by atomic mass is 10.1. The first-order valence-corrected chi connectivity index (χ1v) is 4.65. The van der Waals surface area contributed by atoms with Crippen molar-refractivity contribution in [1.82, 2.24) is 9.97 Å². The number of imidazole rings is 1. The van der Waals surface area contributed by atoms with Gasteiger partial charge in [0.2, 0.25) is 0 Å². The maximum absolute atomic E-state index is 13.5. The molecule has 3 N–H and O–H groups in total. The van der Waals surface area contributed by atoms with Crippen molar-refractivity contribution in [1.29, 1.82) is 0 Å². The topological polar surface area (TPSA) is 54.7 Å². The second-order valence-corrected chi connectivity index (χ2v) is 3.38. The van der Waals surface area contributed by atoms with Gasteiger partial charge < -0.3 is 10.7 Å². The molecule has 2 rings (SSSR count). The molecule has 0 aliphatic carbocycles. The zero-order chi connectivity index (χ0) is 10.9. The molecule has 0 aliphatic rings. The lowest BCUT2D eigenvalue weighted by molar-refractivity contribution is -0.0106. The summed E-state index contributed by atoms with van der Waals surface area (Å²) in [7, 11) is 0. The average molecular weight is 211 g/mol. The fourth-order valence-electron chi connectivity index (χ4n) is 1.49. The SMILES string of the molecule is NCCC(F)(F)c1ccc2nc[nH]c2c1. The first-order valence-electron chi connectivity index (χ1n) is 4.65. The van der Waals surface area contributed by atoms with E-state index in [0.29, 0.717) is 11.0 Å². The maximum atomic E-state index is 13.5. The molecule has 0 saturated carbocycles. The minimum atomic E-state index is -2.87. The van der Waals surface area contributed by atoms with Gasteiger partial charge in [-0.2, -0.15) is 0 Å². The van der Waals surface area contributed by atoms with Crippen LogP contribution in [0.25, 0.3) is 11.0 Å². The molecule has 5 heteroatoms. The molecule has 0 amide bonds. The van der Waals surface area contributed by atoms with Gasteiger partial charge in [-0.25, -0.2) is 13.8 Å². The summed E-state index contributed by atoms with van der Waals surface area (Å²) in [4.78, 5) is 6.76. The summed E-state index contributed by atoms with van der Waals surface area (Å²) >= 11 is 0. The predicted octanol–water partition coefficient (Wildman–Crippen LogP) is 2.00. The van der Waals surface area contributed by atoms with E-state index in [0.717, 1.165) is 0 Å². The second-order valence-electron chi connectivity index (χ2n) is 3.38. The Morgan fingerprint density at radius 2 is 2.20 bits per heavy atom. The highest BCUT2D eigenvalue weighted by Crippen LogP contribution is 2.32. The third-order valence-corrected chi connectivity index (χ3v) is 2.30. The van der Waals surface area contributed by atoms with Crippen molar-refractivity contribution in [2.24, 2.45) is 5.73 Å². The molecule has 1 aromatic carbocycles. The van der Waals surface area contributed by atoms with E-state index in [-0.39, 0.29) is 18.5 Å². The van der Waals surface area contributed by atoms with Gasteiger partial charge in [0.15, 0.2) is 0 Å². The third kappa shape index (κ3) is 1.83. The summed E-state index contributed by atoms with van der Waals surface area (Å²) in [6, 6.07) is 4.38. The van der Waals surface area contributed by atoms with Crippen molar-refractivity contribution in [3.05, 3.63) is 30.1 Å². The van der Waals surface area contributed by atoms with Gasteiger partial charge in [0.1, 0.15) is 0 Å². The number of rotatable bonds is 3. The normalized spacial score (nSPS) is 12.2. The highest BCUT2D eigenvalue weighted by atomic mass is 19.3. The number of aromatic nitrogens is 2. The van der Waals surface area contributed by atoms with Gasteiger partial charge in [-0.3, -0.25) is 0 Å². The first-order chi connectivity index (χ1) is 7.13. The molecule has 1 heterocycles. The molecular weight excluding hydrogens is 200 g/mol. The van der Waals surface area contributed by atoms with Crippen molar-refractivity contribution >= 4 is 11.0 Å². The summed E-state index contributed by atoms with van der Waals surface area (Å²) in [5.41, 5.74) is 6.42. The van der Waals surface area contributed by atoms with Crippen molar-refractivity contribution in [3.8, 4) is 0 Å². The van der Waals surface area contributed by atoms with Crippen LogP contribution < -0.4 is 5.73 Å². The van der Waals surface area contributed by atoms with Crippen LogP contribution in [0.15, 0.2) is 24.5 Å². The number of halogens is 2. The van der Waals surface area contributed by atoms with E-state index in [1.54, 1.807) is 6.07 Å². The fourth-order valence-corrected chi connectivity index (χ4v) is 1.49. The number of nitrogens with zero attached hydrogens (tertiary/aromatic N) is 1. The zero-order valence-corrected chi connectivity index (χ0v) is 8.00. The van der Waals surface area contributed by atoms with Gasteiger partial charge in [0.25, 0.3) is 5.92 Å². The van der Waals surface area contributed by atoms with Crippen molar-refractivity contribution in [3.63, 3.8) is 0 Å². The Balaban J connectivity index is 2.42. The molecule has 80 valence electrons. The lowest BCUT2D eigenvalue weighted by Crippen LogP contribution is -2.18. The van der Waals surface area contributed by atoms with Crippen LogP contribution >= 0.6 is 0 Å². The number of fused-ring (bicyclic) bond motifs is 1. The minimum absolute atomic E-state index is 0.0234. The lowest BCUT2D eigenvalue weighted by Gasteiger charge is -2.15. The smallest absolute Gasteiger partial charge is 0.274 e. The van der Waals surface area contributed by atoms with Crippen LogP contribution in [-0.4, -0.2) is 16.5 Å². The second kappa shape index (κ2) is 3.58. The van der Waals surface area contributed by atoms with Gasteiger partial charge in [0, 0.05) is 12.0 Å². The number of H-pyrrole nitrogens is 1. The van der Waals surface area contributed by atoms with Crippen LogP contribution in [0.3, 0.4) is 0 Å². The summed E-state index contributed by atoms with van der Waals surface area (Å²) in [6.45, 7) is -0.0337. The minimum Gasteiger partial charge on any atom is -0.345 e. The number of nitrogens with two attached hydrogens (primary N) is 1. The maximum Gasteiger partial charge on any atom is 0.274 e. The average Bonchev–Trinajstić information content (AvgIpc) is 2.63. The third-order valence-electron chi connectivity index (χ3n) is 2.30. The number of benzene rings is 1. The molecule has 15 heavy (non-hydrogen) atoms. The Hall–Kier alpha value is -1.49. The fraction of sp³-hybridized carbons (Fsp3) is 0.300. The van der Waals surface area contributed by atoms with Crippen LogP contribution in [0, 0.1) is 0 Å². The van der Waals surface area contributed by atoms with Crippen molar-refractivity contribution in [2.75, 3.05) is 6.54 Å². The van der Waals surface area contributed by atoms with Crippen LogP contribution in [0.1, 0.15) is 12.0 Å². The molecule has 0 spiro atoms. The van der Waals surface area contributed by atoms with E-state index < -0.39 is 5.92 Å². The van der Waals surface area contributed by atoms with Crippen molar-refractivity contribution in [2.45, 2.75) is 12.3 Å².